The maximum absolute atomic E-state index is 11.2. The number of hydrogen-bond donors (Lipinski definition) is 1. The van der Waals surface area contributed by atoms with Crippen LogP contribution in [-0.4, -0.2) is 35.5 Å². The van der Waals surface area contributed by atoms with E-state index in [2.05, 4.69) is 31.0 Å². The van der Waals surface area contributed by atoms with Crippen LogP contribution in [0.1, 0.15) is 13.8 Å². The number of carbonyl (C=O) groups excluding carboxylic acids is 1. The maximum Gasteiger partial charge on any atom is 0.321 e. The number of hydrogen-bond acceptors (Lipinski definition) is 5. The van der Waals surface area contributed by atoms with Gasteiger partial charge in [-0.2, -0.15) is 0 Å². The van der Waals surface area contributed by atoms with Crippen LogP contribution in [-0.2, 0) is 9.53 Å². The van der Waals surface area contributed by atoms with E-state index >= 15 is 0 Å². The zero-order valence-corrected chi connectivity index (χ0v) is 12.2. The van der Waals surface area contributed by atoms with Gasteiger partial charge in [0.05, 0.1) is 18.9 Å². The molecule has 0 saturated carbocycles. The fourth-order valence-electron chi connectivity index (χ4n) is 1.25. The third-order valence-corrected chi connectivity index (χ3v) is 2.74. The van der Waals surface area contributed by atoms with Crippen molar-refractivity contribution in [3.05, 3.63) is 18.3 Å². The normalized spacial score (nSPS) is 12.1. The first-order chi connectivity index (χ1) is 8.54. The summed E-state index contributed by atoms with van der Waals surface area (Å²) in [5.41, 5.74) is 0.750. The molecule has 6 heteroatoms. The van der Waals surface area contributed by atoms with E-state index in [4.69, 9.17) is 4.74 Å². The predicted octanol–water partition coefficient (Wildman–Crippen LogP) is 2.22. The van der Waals surface area contributed by atoms with Crippen LogP contribution < -0.4 is 10.1 Å². The molecule has 5 nitrogen and oxygen atoms in total. The third kappa shape index (κ3) is 4.52. The molecule has 100 valence electrons. The summed E-state index contributed by atoms with van der Waals surface area (Å²) >= 11 is 3.24. The molecule has 1 heterocycles. The number of esters is 1. The molecule has 1 atom stereocenters. The standard InChI is InChI=1S/C12H17BrN2O3/c1-8(2)18-11-10(5-4-6-14-11)15-7-9(13)12(16)17-3/h4-6,8-9,15H,7H2,1-3H3. The van der Waals surface area contributed by atoms with Crippen LogP contribution >= 0.6 is 15.9 Å². The fraction of sp³-hybridized carbons (Fsp3) is 0.500. The minimum Gasteiger partial charge on any atom is -0.473 e. The molecule has 0 radical (unpaired) electrons. The first kappa shape index (κ1) is 14.8. The van der Waals surface area contributed by atoms with E-state index in [1.165, 1.54) is 7.11 Å². The number of ether oxygens (including phenoxy) is 2. The first-order valence-electron chi connectivity index (χ1n) is 5.62. The Hall–Kier alpha value is -1.30. The topological polar surface area (TPSA) is 60.5 Å². The molecule has 1 aromatic rings. The lowest BCUT2D eigenvalue weighted by Crippen LogP contribution is -2.24. The van der Waals surface area contributed by atoms with Gasteiger partial charge in [0.25, 0.3) is 0 Å². The van der Waals surface area contributed by atoms with Crippen molar-refractivity contribution in [3.8, 4) is 5.88 Å². The monoisotopic (exact) mass is 316 g/mol. The van der Waals surface area contributed by atoms with Gasteiger partial charge in [0.1, 0.15) is 4.83 Å². The molecule has 0 aliphatic carbocycles. The Kier molecular flexibility index (Phi) is 5.91. The molecule has 18 heavy (non-hydrogen) atoms. The number of pyridine rings is 1. The van der Waals surface area contributed by atoms with Gasteiger partial charge in [-0.05, 0) is 26.0 Å². The Labute approximate surface area is 115 Å². The summed E-state index contributed by atoms with van der Waals surface area (Å²) in [6.45, 7) is 4.26. The van der Waals surface area contributed by atoms with Crippen molar-refractivity contribution < 1.29 is 14.3 Å². The zero-order chi connectivity index (χ0) is 13.5. The van der Waals surface area contributed by atoms with Gasteiger partial charge in [-0.15, -0.1) is 0 Å². The molecule has 1 N–H and O–H groups in total. The molecule has 1 aromatic heterocycles. The molecule has 0 amide bonds. The summed E-state index contributed by atoms with van der Waals surface area (Å²) in [5, 5.41) is 3.10. The molecule has 0 aromatic carbocycles. The smallest absolute Gasteiger partial charge is 0.321 e. The highest BCUT2D eigenvalue weighted by Gasteiger charge is 2.16. The molecule has 0 saturated heterocycles. The third-order valence-electron chi connectivity index (χ3n) is 2.05. The fourth-order valence-corrected chi connectivity index (χ4v) is 1.60. The van der Waals surface area contributed by atoms with E-state index < -0.39 is 4.83 Å². The van der Waals surface area contributed by atoms with Gasteiger partial charge in [-0.3, -0.25) is 4.79 Å². The summed E-state index contributed by atoms with van der Waals surface area (Å²) in [7, 11) is 1.36. The lowest BCUT2D eigenvalue weighted by molar-refractivity contribution is -0.139. The van der Waals surface area contributed by atoms with Crippen molar-refractivity contribution in [1.29, 1.82) is 0 Å². The largest absolute Gasteiger partial charge is 0.473 e. The summed E-state index contributed by atoms with van der Waals surface area (Å²) in [5.74, 6) is 0.204. The van der Waals surface area contributed by atoms with Gasteiger partial charge < -0.3 is 14.8 Å². The lowest BCUT2D eigenvalue weighted by atomic mass is 10.3. The number of aromatic nitrogens is 1. The van der Waals surface area contributed by atoms with Crippen LogP contribution in [0.25, 0.3) is 0 Å². The van der Waals surface area contributed by atoms with E-state index in [-0.39, 0.29) is 12.1 Å². The first-order valence-corrected chi connectivity index (χ1v) is 6.53. The van der Waals surface area contributed by atoms with Crippen molar-refractivity contribution in [2.24, 2.45) is 0 Å². The number of alkyl halides is 1. The van der Waals surface area contributed by atoms with E-state index in [1.54, 1.807) is 12.3 Å². The van der Waals surface area contributed by atoms with E-state index in [9.17, 15) is 4.79 Å². The number of methoxy groups -OCH3 is 1. The highest BCUT2D eigenvalue weighted by Crippen LogP contribution is 2.22. The van der Waals surface area contributed by atoms with Crippen LogP contribution in [0, 0.1) is 0 Å². The number of nitrogens with zero attached hydrogens (tertiary/aromatic N) is 1. The number of halogens is 1. The van der Waals surface area contributed by atoms with Gasteiger partial charge in [-0.25, -0.2) is 4.98 Å². The Morgan fingerprint density at radius 2 is 2.28 bits per heavy atom. The number of anilines is 1. The molecule has 0 aliphatic rings. The van der Waals surface area contributed by atoms with Crippen molar-refractivity contribution in [1.82, 2.24) is 4.98 Å². The highest BCUT2D eigenvalue weighted by molar-refractivity contribution is 9.10. The lowest BCUT2D eigenvalue weighted by Gasteiger charge is -2.15. The molecule has 1 rings (SSSR count). The van der Waals surface area contributed by atoms with Crippen molar-refractivity contribution in [3.63, 3.8) is 0 Å². The number of rotatable bonds is 6. The van der Waals surface area contributed by atoms with Gasteiger partial charge in [0.15, 0.2) is 0 Å². The van der Waals surface area contributed by atoms with Crippen molar-refractivity contribution >= 4 is 27.6 Å². The number of carbonyl (C=O) groups is 1. The van der Waals surface area contributed by atoms with Gasteiger partial charge in [0.2, 0.25) is 5.88 Å². The molecule has 0 spiro atoms. The summed E-state index contributed by atoms with van der Waals surface area (Å²) in [6, 6.07) is 3.65. The SMILES string of the molecule is COC(=O)C(Br)CNc1cccnc1OC(C)C. The molecular formula is C12H17BrN2O3. The van der Waals surface area contributed by atoms with Gasteiger partial charge in [-0.1, -0.05) is 15.9 Å². The highest BCUT2D eigenvalue weighted by atomic mass is 79.9. The molecular weight excluding hydrogens is 300 g/mol. The van der Waals surface area contributed by atoms with Crippen molar-refractivity contribution in [2.45, 2.75) is 24.8 Å². The van der Waals surface area contributed by atoms with Crippen LogP contribution in [0.2, 0.25) is 0 Å². The minimum atomic E-state index is -0.408. The summed E-state index contributed by atoms with van der Waals surface area (Å²) in [4.78, 5) is 15.0. The van der Waals surface area contributed by atoms with E-state index in [0.717, 1.165) is 5.69 Å². The number of nitrogens with one attached hydrogen (secondary N) is 1. The van der Waals surface area contributed by atoms with Crippen LogP contribution in [0.5, 0.6) is 5.88 Å². The molecule has 1 unspecified atom stereocenters. The second-order valence-electron chi connectivity index (χ2n) is 3.89. The quantitative estimate of drug-likeness (QED) is 0.644. The van der Waals surface area contributed by atoms with Gasteiger partial charge in [0, 0.05) is 12.7 Å². The predicted molar refractivity (Wildman–Crippen MR) is 73.2 cm³/mol. The summed E-state index contributed by atoms with van der Waals surface area (Å²) < 4.78 is 10.2. The van der Waals surface area contributed by atoms with Crippen LogP contribution in [0.3, 0.4) is 0 Å². The van der Waals surface area contributed by atoms with E-state index in [0.29, 0.717) is 12.4 Å². The Balaban J connectivity index is 2.64. The van der Waals surface area contributed by atoms with Crippen LogP contribution in [0.4, 0.5) is 5.69 Å². The minimum absolute atomic E-state index is 0.0424. The molecule has 0 fully saturated rings. The Morgan fingerprint density at radius 3 is 2.89 bits per heavy atom. The molecule has 0 bridgehead atoms. The average molecular weight is 317 g/mol. The van der Waals surface area contributed by atoms with Crippen molar-refractivity contribution in [2.75, 3.05) is 19.0 Å². The van der Waals surface area contributed by atoms with Crippen LogP contribution in [0.15, 0.2) is 18.3 Å². The molecule has 0 aliphatic heterocycles. The Morgan fingerprint density at radius 1 is 1.56 bits per heavy atom. The van der Waals surface area contributed by atoms with E-state index in [1.807, 2.05) is 19.9 Å². The average Bonchev–Trinajstić information content (AvgIpc) is 2.35. The van der Waals surface area contributed by atoms with Gasteiger partial charge >= 0.3 is 5.97 Å². The zero-order valence-electron chi connectivity index (χ0n) is 10.6. The Bertz CT molecular complexity index is 399. The second kappa shape index (κ2) is 7.20. The second-order valence-corrected chi connectivity index (χ2v) is 5.00. The maximum atomic E-state index is 11.2. The summed E-state index contributed by atoms with van der Waals surface area (Å²) in [6.07, 6.45) is 1.70.